The molecule has 3 heteroatoms. The third-order valence-electron chi connectivity index (χ3n) is 6.03. The van der Waals surface area contributed by atoms with Gasteiger partial charge in [0.05, 0.1) is 0 Å². The molecule has 0 aromatic heterocycles. The van der Waals surface area contributed by atoms with Gasteiger partial charge in [-0.25, -0.2) is 0 Å². The summed E-state index contributed by atoms with van der Waals surface area (Å²) in [5.41, 5.74) is 0.434. The molecule has 3 aliphatic rings. The van der Waals surface area contributed by atoms with E-state index < -0.39 is 0 Å². The summed E-state index contributed by atoms with van der Waals surface area (Å²) in [6.45, 7) is 12.3. The van der Waals surface area contributed by atoms with E-state index in [1.54, 1.807) is 0 Å². The molecule has 2 bridgehead atoms. The Morgan fingerprint density at radius 1 is 1.05 bits per heavy atom. The molecule has 1 aliphatic heterocycles. The molecule has 2 aliphatic carbocycles. The lowest BCUT2D eigenvalue weighted by atomic mass is 9.60. The first-order chi connectivity index (χ1) is 10.0. The van der Waals surface area contributed by atoms with Crippen molar-refractivity contribution in [2.24, 2.45) is 17.8 Å². The van der Waals surface area contributed by atoms with Gasteiger partial charge in [0.1, 0.15) is 0 Å². The SMILES string of the molecule is C=CC(=O)N1CCN(C23CC(C)CC(CC(C)C2)C3)CC1. The summed E-state index contributed by atoms with van der Waals surface area (Å²) in [5.74, 6) is 2.76. The summed E-state index contributed by atoms with van der Waals surface area (Å²) in [5, 5.41) is 0. The van der Waals surface area contributed by atoms with E-state index in [-0.39, 0.29) is 5.91 Å². The molecule has 2 atom stereocenters. The van der Waals surface area contributed by atoms with Crippen LogP contribution in [0.1, 0.15) is 46.0 Å². The average molecular weight is 290 g/mol. The number of fused-ring (bicyclic) bond motifs is 2. The molecule has 1 saturated heterocycles. The molecule has 3 rings (SSSR count). The van der Waals surface area contributed by atoms with E-state index >= 15 is 0 Å². The summed E-state index contributed by atoms with van der Waals surface area (Å²) in [6.07, 6.45) is 8.45. The van der Waals surface area contributed by atoms with E-state index in [1.807, 2.05) is 4.90 Å². The Morgan fingerprint density at radius 3 is 2.14 bits per heavy atom. The van der Waals surface area contributed by atoms with Gasteiger partial charge in [0.2, 0.25) is 5.91 Å². The van der Waals surface area contributed by atoms with Gasteiger partial charge >= 0.3 is 0 Å². The van der Waals surface area contributed by atoms with E-state index in [0.29, 0.717) is 5.54 Å². The van der Waals surface area contributed by atoms with Gasteiger partial charge in [0.15, 0.2) is 0 Å². The highest BCUT2D eigenvalue weighted by Gasteiger charge is 2.48. The topological polar surface area (TPSA) is 23.6 Å². The van der Waals surface area contributed by atoms with E-state index in [4.69, 9.17) is 0 Å². The Morgan fingerprint density at radius 2 is 1.62 bits per heavy atom. The molecule has 2 saturated carbocycles. The Balaban J connectivity index is 1.70. The Hall–Kier alpha value is -0.830. The van der Waals surface area contributed by atoms with Crippen LogP contribution in [0, 0.1) is 17.8 Å². The van der Waals surface area contributed by atoms with Gasteiger partial charge in [-0.05, 0) is 55.9 Å². The summed E-state index contributed by atoms with van der Waals surface area (Å²) >= 11 is 0. The highest BCUT2D eigenvalue weighted by molar-refractivity contribution is 5.87. The fourth-order valence-electron chi connectivity index (χ4n) is 5.57. The number of carbonyl (C=O) groups excluding carboxylic acids is 1. The average Bonchev–Trinajstić information content (AvgIpc) is 2.45. The van der Waals surface area contributed by atoms with Crippen LogP contribution in [0.15, 0.2) is 12.7 Å². The van der Waals surface area contributed by atoms with Crippen LogP contribution in [-0.2, 0) is 4.79 Å². The molecule has 3 nitrogen and oxygen atoms in total. The first-order valence-electron chi connectivity index (χ1n) is 8.69. The quantitative estimate of drug-likeness (QED) is 0.730. The van der Waals surface area contributed by atoms with E-state index in [9.17, 15) is 4.79 Å². The molecule has 0 aromatic rings. The van der Waals surface area contributed by atoms with Gasteiger partial charge in [-0.1, -0.05) is 20.4 Å². The normalized spacial score (nSPS) is 40.9. The molecule has 0 spiro atoms. The van der Waals surface area contributed by atoms with E-state index in [0.717, 1.165) is 43.9 Å². The molecule has 2 unspecified atom stereocenters. The summed E-state index contributed by atoms with van der Waals surface area (Å²) in [7, 11) is 0. The second kappa shape index (κ2) is 5.75. The lowest BCUT2D eigenvalue weighted by molar-refractivity contribution is -0.130. The standard InChI is InChI=1S/C18H30N2O/c1-4-17(21)19-5-7-20(8-6-19)18-11-14(2)9-16(13-18)10-15(3)12-18/h4,14-16H,1,5-13H2,2-3H3. The van der Waals surface area contributed by atoms with Crippen LogP contribution >= 0.6 is 0 Å². The van der Waals surface area contributed by atoms with Gasteiger partial charge < -0.3 is 4.90 Å². The van der Waals surface area contributed by atoms with Crippen molar-refractivity contribution in [3.63, 3.8) is 0 Å². The fraction of sp³-hybridized carbons (Fsp3) is 0.833. The minimum absolute atomic E-state index is 0.0963. The van der Waals surface area contributed by atoms with Gasteiger partial charge in [0, 0.05) is 31.7 Å². The maximum Gasteiger partial charge on any atom is 0.246 e. The Bertz CT molecular complexity index is 392. The molecule has 1 heterocycles. The zero-order chi connectivity index (χ0) is 15.0. The van der Waals surface area contributed by atoms with Crippen LogP contribution in [0.2, 0.25) is 0 Å². The van der Waals surface area contributed by atoms with Crippen molar-refractivity contribution < 1.29 is 4.79 Å². The van der Waals surface area contributed by atoms with Crippen molar-refractivity contribution in [2.75, 3.05) is 26.2 Å². The summed E-state index contributed by atoms with van der Waals surface area (Å²) < 4.78 is 0. The van der Waals surface area contributed by atoms with Crippen LogP contribution in [0.25, 0.3) is 0 Å². The Labute approximate surface area is 129 Å². The number of hydrogen-bond donors (Lipinski definition) is 0. The lowest BCUT2D eigenvalue weighted by Gasteiger charge is -2.57. The molecule has 3 fully saturated rings. The second-order valence-electron chi connectivity index (χ2n) is 7.90. The number of piperazine rings is 1. The molecule has 0 aromatic carbocycles. The van der Waals surface area contributed by atoms with Gasteiger partial charge in [-0.15, -0.1) is 0 Å². The molecule has 21 heavy (non-hydrogen) atoms. The minimum atomic E-state index is 0.0963. The van der Waals surface area contributed by atoms with Crippen LogP contribution in [-0.4, -0.2) is 47.4 Å². The monoisotopic (exact) mass is 290 g/mol. The zero-order valence-electron chi connectivity index (χ0n) is 13.7. The van der Waals surface area contributed by atoms with Crippen molar-refractivity contribution >= 4 is 5.91 Å². The van der Waals surface area contributed by atoms with Crippen molar-refractivity contribution in [3.05, 3.63) is 12.7 Å². The fourth-order valence-corrected chi connectivity index (χ4v) is 5.57. The third-order valence-corrected chi connectivity index (χ3v) is 6.03. The molecular formula is C18H30N2O. The maximum absolute atomic E-state index is 11.8. The molecule has 0 N–H and O–H groups in total. The predicted octanol–water partition coefficient (Wildman–Crippen LogP) is 2.92. The largest absolute Gasteiger partial charge is 0.337 e. The van der Waals surface area contributed by atoms with E-state index in [1.165, 1.54) is 38.2 Å². The van der Waals surface area contributed by atoms with Gasteiger partial charge in [-0.3, -0.25) is 9.69 Å². The summed E-state index contributed by atoms with van der Waals surface area (Å²) in [6, 6.07) is 0. The summed E-state index contributed by atoms with van der Waals surface area (Å²) in [4.78, 5) is 16.4. The minimum Gasteiger partial charge on any atom is -0.337 e. The lowest BCUT2D eigenvalue weighted by Crippen LogP contribution is -2.61. The second-order valence-corrected chi connectivity index (χ2v) is 7.90. The molecular weight excluding hydrogens is 260 g/mol. The highest BCUT2D eigenvalue weighted by atomic mass is 16.2. The smallest absolute Gasteiger partial charge is 0.246 e. The number of rotatable bonds is 2. The van der Waals surface area contributed by atoms with Crippen LogP contribution in [0.3, 0.4) is 0 Å². The van der Waals surface area contributed by atoms with Crippen molar-refractivity contribution in [1.82, 2.24) is 9.80 Å². The van der Waals surface area contributed by atoms with Crippen LogP contribution in [0.4, 0.5) is 0 Å². The number of hydrogen-bond acceptors (Lipinski definition) is 2. The molecule has 1 amide bonds. The molecule has 0 radical (unpaired) electrons. The van der Waals surface area contributed by atoms with Crippen molar-refractivity contribution in [1.29, 1.82) is 0 Å². The zero-order valence-corrected chi connectivity index (χ0v) is 13.7. The maximum atomic E-state index is 11.8. The van der Waals surface area contributed by atoms with Crippen LogP contribution < -0.4 is 0 Å². The Kier molecular flexibility index (Phi) is 4.13. The number of nitrogens with zero attached hydrogens (tertiary/aromatic N) is 2. The van der Waals surface area contributed by atoms with Crippen molar-refractivity contribution in [2.45, 2.75) is 51.5 Å². The third kappa shape index (κ3) is 2.90. The highest BCUT2D eigenvalue weighted by Crippen LogP contribution is 2.50. The van der Waals surface area contributed by atoms with Crippen LogP contribution in [0.5, 0.6) is 0 Å². The number of amides is 1. The number of carbonyl (C=O) groups is 1. The first kappa shape index (κ1) is 15.1. The molecule has 118 valence electrons. The predicted molar refractivity (Wildman–Crippen MR) is 86.0 cm³/mol. The first-order valence-corrected chi connectivity index (χ1v) is 8.69. The van der Waals surface area contributed by atoms with Gasteiger partial charge in [-0.2, -0.15) is 0 Å². The van der Waals surface area contributed by atoms with Gasteiger partial charge in [0.25, 0.3) is 0 Å². The van der Waals surface area contributed by atoms with E-state index in [2.05, 4.69) is 25.3 Å². The van der Waals surface area contributed by atoms with Crippen molar-refractivity contribution in [3.8, 4) is 0 Å².